The summed E-state index contributed by atoms with van der Waals surface area (Å²) in [5.41, 5.74) is 2.74. The first kappa shape index (κ1) is 19.1. The number of esters is 1. The Hall–Kier alpha value is -1.68. The number of ether oxygens (including phenoxy) is 1. The second-order valence-corrected chi connectivity index (χ2v) is 10.1. The van der Waals surface area contributed by atoms with Crippen molar-refractivity contribution >= 4 is 60.5 Å². The number of hydrogen-bond acceptors (Lipinski definition) is 6. The Morgan fingerprint density at radius 3 is 2.62 bits per heavy atom. The SMILES string of the molecule is COC(=O)Cn1c(=NS(=O)(=O)c2ccc(Cl)s2)sc2c(C)cc(C)cc21. The van der Waals surface area contributed by atoms with Gasteiger partial charge in [-0.1, -0.05) is 29.0 Å². The molecule has 0 N–H and O–H groups in total. The largest absolute Gasteiger partial charge is 0.468 e. The molecular formula is C16H15ClN2O4S3. The van der Waals surface area contributed by atoms with E-state index < -0.39 is 16.0 Å². The Bertz CT molecular complexity index is 1170. The standard InChI is InChI=1S/C16H15ClN2O4S3/c1-9-6-10(2)15-11(7-9)19(8-13(20)23-3)16(25-15)18-26(21,22)14-5-4-12(17)24-14/h4-7H,8H2,1-3H3. The molecule has 2 aromatic heterocycles. The first-order valence-corrected chi connectivity index (χ1v) is 10.9. The molecule has 0 bridgehead atoms. The lowest BCUT2D eigenvalue weighted by atomic mass is 10.1. The number of hydrogen-bond donors (Lipinski definition) is 0. The van der Waals surface area contributed by atoms with Crippen LogP contribution in [0, 0.1) is 13.8 Å². The van der Waals surface area contributed by atoms with Crippen LogP contribution in [0.3, 0.4) is 0 Å². The van der Waals surface area contributed by atoms with Crippen molar-refractivity contribution in [1.82, 2.24) is 4.57 Å². The summed E-state index contributed by atoms with van der Waals surface area (Å²) in [5.74, 6) is -0.484. The molecule has 0 amide bonds. The number of fused-ring (bicyclic) bond motifs is 1. The van der Waals surface area contributed by atoms with E-state index in [1.165, 1.54) is 30.6 Å². The maximum atomic E-state index is 12.6. The quantitative estimate of drug-likeness (QED) is 0.593. The van der Waals surface area contributed by atoms with Crippen molar-refractivity contribution in [2.45, 2.75) is 24.6 Å². The molecule has 0 spiro atoms. The highest BCUT2D eigenvalue weighted by Gasteiger charge is 2.19. The van der Waals surface area contributed by atoms with Gasteiger partial charge in [-0.3, -0.25) is 4.79 Å². The van der Waals surface area contributed by atoms with Crippen molar-refractivity contribution in [3.63, 3.8) is 0 Å². The van der Waals surface area contributed by atoms with E-state index in [2.05, 4.69) is 4.40 Å². The van der Waals surface area contributed by atoms with Crippen LogP contribution in [0.1, 0.15) is 11.1 Å². The number of benzene rings is 1. The maximum absolute atomic E-state index is 12.6. The van der Waals surface area contributed by atoms with Crippen LogP contribution >= 0.6 is 34.3 Å². The summed E-state index contributed by atoms with van der Waals surface area (Å²) in [6.07, 6.45) is 0. The van der Waals surface area contributed by atoms with E-state index in [0.29, 0.717) is 4.34 Å². The normalized spacial score (nSPS) is 12.7. The summed E-state index contributed by atoms with van der Waals surface area (Å²) in [7, 11) is -2.64. The molecule has 138 valence electrons. The van der Waals surface area contributed by atoms with E-state index in [-0.39, 0.29) is 15.6 Å². The van der Waals surface area contributed by atoms with Gasteiger partial charge in [-0.05, 0) is 43.2 Å². The fourth-order valence-corrected chi connectivity index (χ4v) is 6.26. The van der Waals surface area contributed by atoms with Gasteiger partial charge in [0.2, 0.25) is 4.80 Å². The van der Waals surface area contributed by atoms with Gasteiger partial charge in [0.25, 0.3) is 10.0 Å². The van der Waals surface area contributed by atoms with Gasteiger partial charge in [0.1, 0.15) is 10.8 Å². The van der Waals surface area contributed by atoms with Crippen LogP contribution < -0.4 is 4.80 Å². The molecule has 3 aromatic rings. The fourth-order valence-electron chi connectivity index (χ4n) is 2.51. The van der Waals surface area contributed by atoms with Crippen LogP contribution in [0.4, 0.5) is 0 Å². The highest BCUT2D eigenvalue weighted by molar-refractivity contribution is 7.92. The molecular weight excluding hydrogens is 416 g/mol. The first-order chi connectivity index (χ1) is 12.2. The van der Waals surface area contributed by atoms with E-state index >= 15 is 0 Å². The van der Waals surface area contributed by atoms with Crippen molar-refractivity contribution in [3.05, 3.63) is 44.5 Å². The Kier molecular flexibility index (Phi) is 5.25. The van der Waals surface area contributed by atoms with Crippen LogP contribution in [0.2, 0.25) is 4.34 Å². The van der Waals surface area contributed by atoms with Gasteiger partial charge in [-0.15, -0.1) is 15.7 Å². The molecule has 0 unspecified atom stereocenters. The molecule has 3 rings (SSSR count). The minimum atomic E-state index is -3.93. The molecule has 0 radical (unpaired) electrons. The monoisotopic (exact) mass is 430 g/mol. The van der Waals surface area contributed by atoms with Gasteiger partial charge in [0.05, 0.1) is 21.7 Å². The molecule has 2 heterocycles. The third-order valence-corrected chi connectivity index (χ3v) is 7.94. The maximum Gasteiger partial charge on any atom is 0.325 e. The van der Waals surface area contributed by atoms with Crippen LogP contribution in [-0.4, -0.2) is 26.1 Å². The van der Waals surface area contributed by atoms with Crippen LogP contribution in [0.25, 0.3) is 10.2 Å². The van der Waals surface area contributed by atoms with Crippen molar-refractivity contribution < 1.29 is 17.9 Å². The second kappa shape index (κ2) is 7.15. The van der Waals surface area contributed by atoms with Gasteiger partial charge in [0, 0.05) is 0 Å². The summed E-state index contributed by atoms with van der Waals surface area (Å²) in [5, 5.41) is 0. The number of thiazole rings is 1. The molecule has 0 aliphatic carbocycles. The zero-order chi connectivity index (χ0) is 19.1. The van der Waals surface area contributed by atoms with Crippen molar-refractivity contribution in [1.29, 1.82) is 0 Å². The average Bonchev–Trinajstić information content (AvgIpc) is 3.13. The summed E-state index contributed by atoms with van der Waals surface area (Å²) >= 11 is 8.00. The third-order valence-electron chi connectivity index (χ3n) is 3.63. The van der Waals surface area contributed by atoms with Crippen LogP contribution in [0.15, 0.2) is 32.9 Å². The number of sulfonamides is 1. The lowest BCUT2D eigenvalue weighted by Gasteiger charge is -2.05. The van der Waals surface area contributed by atoms with E-state index in [1.807, 2.05) is 26.0 Å². The number of methoxy groups -OCH3 is 1. The van der Waals surface area contributed by atoms with Crippen molar-refractivity contribution in [2.24, 2.45) is 4.40 Å². The Morgan fingerprint density at radius 2 is 2.00 bits per heavy atom. The smallest absolute Gasteiger partial charge is 0.325 e. The summed E-state index contributed by atoms with van der Waals surface area (Å²) in [6.45, 7) is 3.75. The first-order valence-electron chi connectivity index (χ1n) is 7.45. The molecule has 10 heteroatoms. The second-order valence-electron chi connectivity index (χ2n) is 5.60. The molecule has 6 nitrogen and oxygen atoms in total. The summed E-state index contributed by atoms with van der Waals surface area (Å²) in [4.78, 5) is 12.1. The number of rotatable bonds is 4. The molecule has 0 saturated heterocycles. The minimum absolute atomic E-state index is 0.0532. The van der Waals surface area contributed by atoms with Gasteiger partial charge in [-0.2, -0.15) is 8.42 Å². The molecule has 0 aliphatic heterocycles. The van der Waals surface area contributed by atoms with E-state index in [1.54, 1.807) is 4.57 Å². The lowest BCUT2D eigenvalue weighted by Crippen LogP contribution is -2.22. The number of nitrogens with zero attached hydrogens (tertiary/aromatic N) is 2. The van der Waals surface area contributed by atoms with Crippen LogP contribution in [-0.2, 0) is 26.1 Å². The topological polar surface area (TPSA) is 77.7 Å². The highest BCUT2D eigenvalue weighted by atomic mass is 35.5. The number of halogens is 1. The molecule has 0 aliphatic rings. The number of aryl methyl sites for hydroxylation is 2. The van der Waals surface area contributed by atoms with Gasteiger partial charge in [0.15, 0.2) is 0 Å². The number of carbonyl (C=O) groups excluding carboxylic acids is 1. The zero-order valence-corrected chi connectivity index (χ0v) is 17.4. The van der Waals surface area contributed by atoms with Gasteiger partial charge < -0.3 is 9.30 Å². The van der Waals surface area contributed by atoms with Crippen molar-refractivity contribution in [2.75, 3.05) is 7.11 Å². The Balaban J connectivity index is 2.29. The third kappa shape index (κ3) is 3.71. The number of carbonyl (C=O) groups is 1. The van der Waals surface area contributed by atoms with Gasteiger partial charge in [-0.25, -0.2) is 0 Å². The summed E-state index contributed by atoms with van der Waals surface area (Å²) < 4.78 is 36.8. The van der Waals surface area contributed by atoms with Crippen LogP contribution in [0.5, 0.6) is 0 Å². The van der Waals surface area contributed by atoms with E-state index in [0.717, 1.165) is 32.7 Å². The van der Waals surface area contributed by atoms with E-state index in [9.17, 15) is 13.2 Å². The summed E-state index contributed by atoms with van der Waals surface area (Å²) in [6, 6.07) is 6.82. The predicted molar refractivity (Wildman–Crippen MR) is 103 cm³/mol. The van der Waals surface area contributed by atoms with E-state index in [4.69, 9.17) is 16.3 Å². The highest BCUT2D eigenvalue weighted by Crippen LogP contribution is 2.28. The molecule has 0 saturated carbocycles. The molecule has 0 fully saturated rings. The minimum Gasteiger partial charge on any atom is -0.468 e. The zero-order valence-electron chi connectivity index (χ0n) is 14.1. The molecule has 0 atom stereocenters. The lowest BCUT2D eigenvalue weighted by molar-refractivity contribution is -0.141. The van der Waals surface area contributed by atoms with Gasteiger partial charge >= 0.3 is 5.97 Å². The fraction of sp³-hybridized carbons (Fsp3) is 0.250. The number of thiophene rings is 1. The molecule has 1 aromatic carbocycles. The number of aromatic nitrogens is 1. The Labute approximate surface area is 163 Å². The average molecular weight is 431 g/mol. The Morgan fingerprint density at radius 1 is 1.27 bits per heavy atom. The predicted octanol–water partition coefficient (Wildman–Crippen LogP) is 3.50. The molecule has 26 heavy (non-hydrogen) atoms. The van der Waals surface area contributed by atoms with Crippen molar-refractivity contribution in [3.8, 4) is 0 Å².